The van der Waals surface area contributed by atoms with Gasteiger partial charge in [0.1, 0.15) is 0 Å². The minimum absolute atomic E-state index is 0.380. The van der Waals surface area contributed by atoms with Crippen molar-refractivity contribution in [1.29, 1.82) is 0 Å². The molecule has 3 heteroatoms. The van der Waals surface area contributed by atoms with Crippen LogP contribution >= 0.6 is 0 Å². The summed E-state index contributed by atoms with van der Waals surface area (Å²) in [6, 6.07) is 10.4. The Kier molecular flexibility index (Phi) is 3.94. The van der Waals surface area contributed by atoms with Crippen molar-refractivity contribution < 1.29 is 0 Å². The number of hydrogen-bond donors (Lipinski definition) is 1. The van der Waals surface area contributed by atoms with Crippen LogP contribution in [0.3, 0.4) is 0 Å². The van der Waals surface area contributed by atoms with E-state index >= 15 is 0 Å². The number of benzene rings is 1. The second kappa shape index (κ2) is 5.64. The fourth-order valence-corrected chi connectivity index (χ4v) is 2.03. The van der Waals surface area contributed by atoms with E-state index in [1.807, 2.05) is 16.9 Å². The Labute approximate surface area is 102 Å². The molecule has 1 aromatic heterocycles. The lowest BCUT2D eigenvalue weighted by atomic mass is 9.93. The average molecular weight is 229 g/mol. The fraction of sp³-hybridized carbons (Fsp3) is 0.357. The first kappa shape index (κ1) is 11.9. The summed E-state index contributed by atoms with van der Waals surface area (Å²) >= 11 is 0. The van der Waals surface area contributed by atoms with E-state index in [0.717, 1.165) is 13.0 Å². The van der Waals surface area contributed by atoms with Gasteiger partial charge in [-0.2, -0.15) is 5.10 Å². The van der Waals surface area contributed by atoms with Gasteiger partial charge in [-0.3, -0.25) is 4.68 Å². The smallest absolute Gasteiger partial charge is 0.0521 e. The van der Waals surface area contributed by atoms with Gasteiger partial charge in [-0.05, 0) is 31.0 Å². The van der Waals surface area contributed by atoms with E-state index in [9.17, 15) is 0 Å². The van der Waals surface area contributed by atoms with Crippen molar-refractivity contribution in [3.63, 3.8) is 0 Å². The van der Waals surface area contributed by atoms with Gasteiger partial charge in [0.05, 0.1) is 6.20 Å². The first-order valence-electron chi connectivity index (χ1n) is 6.09. The summed E-state index contributed by atoms with van der Waals surface area (Å²) in [5, 5.41) is 4.29. The molecule has 0 spiro atoms. The van der Waals surface area contributed by atoms with Gasteiger partial charge in [0.25, 0.3) is 0 Å². The third-order valence-electron chi connectivity index (χ3n) is 3.05. The molecule has 0 aliphatic heterocycles. The molecule has 90 valence electrons. The molecule has 2 rings (SSSR count). The standard InChI is InChI=1S/C14H19N3/c1-2-17-11-12(10-16-17)8-14(9-15)13-6-4-3-5-7-13/h3-7,10-11,14H,2,8-9,15H2,1H3. The van der Waals surface area contributed by atoms with Crippen LogP contribution in [0.1, 0.15) is 24.0 Å². The Morgan fingerprint density at radius 2 is 2.06 bits per heavy atom. The molecule has 1 atom stereocenters. The van der Waals surface area contributed by atoms with Gasteiger partial charge in [0, 0.05) is 18.7 Å². The van der Waals surface area contributed by atoms with Crippen LogP contribution in [0.2, 0.25) is 0 Å². The van der Waals surface area contributed by atoms with Crippen LogP contribution < -0.4 is 5.73 Å². The highest BCUT2D eigenvalue weighted by molar-refractivity contribution is 5.22. The number of rotatable bonds is 5. The maximum atomic E-state index is 5.86. The van der Waals surface area contributed by atoms with Crippen LogP contribution in [0, 0.1) is 0 Å². The molecule has 3 nitrogen and oxygen atoms in total. The molecule has 2 N–H and O–H groups in total. The van der Waals surface area contributed by atoms with Crippen molar-refractivity contribution in [3.05, 3.63) is 53.9 Å². The van der Waals surface area contributed by atoms with E-state index in [4.69, 9.17) is 5.73 Å². The second-order valence-corrected chi connectivity index (χ2v) is 4.25. The highest BCUT2D eigenvalue weighted by atomic mass is 15.3. The second-order valence-electron chi connectivity index (χ2n) is 4.25. The van der Waals surface area contributed by atoms with Crippen LogP contribution in [-0.2, 0) is 13.0 Å². The lowest BCUT2D eigenvalue weighted by molar-refractivity contribution is 0.656. The van der Waals surface area contributed by atoms with Gasteiger partial charge >= 0.3 is 0 Å². The Hall–Kier alpha value is -1.61. The molecule has 17 heavy (non-hydrogen) atoms. The molecule has 0 saturated carbocycles. The molecule has 0 aliphatic rings. The minimum Gasteiger partial charge on any atom is -0.330 e. The Balaban J connectivity index is 2.10. The predicted molar refractivity (Wildman–Crippen MR) is 69.8 cm³/mol. The summed E-state index contributed by atoms with van der Waals surface area (Å²) in [4.78, 5) is 0. The zero-order chi connectivity index (χ0) is 12.1. The number of nitrogens with zero attached hydrogens (tertiary/aromatic N) is 2. The Morgan fingerprint density at radius 3 is 2.65 bits per heavy atom. The molecule has 1 unspecified atom stereocenters. The van der Waals surface area contributed by atoms with Crippen LogP contribution in [0.25, 0.3) is 0 Å². The van der Waals surface area contributed by atoms with Crippen molar-refractivity contribution in [2.45, 2.75) is 25.8 Å². The summed E-state index contributed by atoms with van der Waals surface area (Å²) in [5.74, 6) is 0.380. The molecule has 0 bridgehead atoms. The molecule has 1 heterocycles. The number of aryl methyl sites for hydroxylation is 1. The van der Waals surface area contributed by atoms with Gasteiger partial charge < -0.3 is 5.73 Å². The quantitative estimate of drug-likeness (QED) is 0.854. The number of hydrogen-bond acceptors (Lipinski definition) is 2. The average Bonchev–Trinajstić information content (AvgIpc) is 2.84. The van der Waals surface area contributed by atoms with Gasteiger partial charge in [0.2, 0.25) is 0 Å². The van der Waals surface area contributed by atoms with E-state index in [1.54, 1.807) is 0 Å². The lowest BCUT2D eigenvalue weighted by Gasteiger charge is -2.13. The highest BCUT2D eigenvalue weighted by Crippen LogP contribution is 2.19. The van der Waals surface area contributed by atoms with Gasteiger partial charge in [0.15, 0.2) is 0 Å². The summed E-state index contributed by atoms with van der Waals surface area (Å²) in [6.07, 6.45) is 5.00. The first-order valence-corrected chi connectivity index (χ1v) is 6.09. The molecule has 0 radical (unpaired) electrons. The molecular weight excluding hydrogens is 210 g/mol. The SMILES string of the molecule is CCn1cc(CC(CN)c2ccccc2)cn1. The van der Waals surface area contributed by atoms with Crippen LogP contribution in [0.4, 0.5) is 0 Å². The zero-order valence-corrected chi connectivity index (χ0v) is 10.2. The van der Waals surface area contributed by atoms with Crippen molar-refractivity contribution in [3.8, 4) is 0 Å². The summed E-state index contributed by atoms with van der Waals surface area (Å²) in [7, 11) is 0. The molecule has 0 amide bonds. The van der Waals surface area contributed by atoms with Crippen LogP contribution in [0.15, 0.2) is 42.7 Å². The van der Waals surface area contributed by atoms with E-state index in [-0.39, 0.29) is 0 Å². The summed E-state index contributed by atoms with van der Waals surface area (Å²) < 4.78 is 1.95. The minimum atomic E-state index is 0.380. The number of nitrogens with two attached hydrogens (primary N) is 1. The van der Waals surface area contributed by atoms with Crippen molar-refractivity contribution >= 4 is 0 Å². The van der Waals surface area contributed by atoms with Gasteiger partial charge in [-0.15, -0.1) is 0 Å². The molecule has 2 aromatic rings. The molecule has 0 aliphatic carbocycles. The van der Waals surface area contributed by atoms with E-state index in [2.05, 4.69) is 42.5 Å². The largest absolute Gasteiger partial charge is 0.330 e. The van der Waals surface area contributed by atoms with Gasteiger partial charge in [-0.1, -0.05) is 30.3 Å². The van der Waals surface area contributed by atoms with E-state index in [1.165, 1.54) is 11.1 Å². The third kappa shape index (κ3) is 2.94. The maximum Gasteiger partial charge on any atom is 0.0521 e. The predicted octanol–water partition coefficient (Wildman–Crippen LogP) is 2.19. The molecule has 0 saturated heterocycles. The summed E-state index contributed by atoms with van der Waals surface area (Å²) in [6.45, 7) is 3.67. The topological polar surface area (TPSA) is 43.8 Å². The van der Waals surface area contributed by atoms with Crippen LogP contribution in [0.5, 0.6) is 0 Å². The maximum absolute atomic E-state index is 5.86. The normalized spacial score (nSPS) is 12.6. The first-order chi connectivity index (χ1) is 8.33. The highest BCUT2D eigenvalue weighted by Gasteiger charge is 2.11. The van der Waals surface area contributed by atoms with Crippen LogP contribution in [-0.4, -0.2) is 16.3 Å². The third-order valence-corrected chi connectivity index (χ3v) is 3.05. The zero-order valence-electron chi connectivity index (χ0n) is 10.2. The molecule has 0 fully saturated rings. The van der Waals surface area contributed by atoms with Gasteiger partial charge in [-0.25, -0.2) is 0 Å². The Bertz CT molecular complexity index is 448. The van der Waals surface area contributed by atoms with Crippen molar-refractivity contribution in [2.24, 2.45) is 5.73 Å². The monoisotopic (exact) mass is 229 g/mol. The lowest BCUT2D eigenvalue weighted by Crippen LogP contribution is -2.14. The van der Waals surface area contributed by atoms with Crippen molar-refractivity contribution in [2.75, 3.05) is 6.54 Å². The van der Waals surface area contributed by atoms with E-state index in [0.29, 0.717) is 12.5 Å². The Morgan fingerprint density at radius 1 is 1.29 bits per heavy atom. The molecular formula is C14H19N3. The van der Waals surface area contributed by atoms with Crippen molar-refractivity contribution in [1.82, 2.24) is 9.78 Å². The fourth-order valence-electron chi connectivity index (χ4n) is 2.03. The molecule has 1 aromatic carbocycles. The number of aromatic nitrogens is 2. The summed E-state index contributed by atoms with van der Waals surface area (Å²) in [5.41, 5.74) is 8.43. The van der Waals surface area contributed by atoms with E-state index < -0.39 is 0 Å².